The Kier molecular flexibility index (Phi) is 8.59. The number of methoxy groups -OCH3 is 1. The molecule has 3 aromatic carbocycles. The molecule has 2 saturated heterocycles. The molecule has 4 aromatic rings. The zero-order valence-corrected chi connectivity index (χ0v) is 24.9. The van der Waals surface area contributed by atoms with Crippen molar-refractivity contribution < 1.29 is 23.8 Å². The van der Waals surface area contributed by atoms with Gasteiger partial charge in [-0.25, -0.2) is 4.79 Å². The molecule has 2 unspecified atom stereocenters. The normalized spacial score (nSPS) is 19.2. The third kappa shape index (κ3) is 6.36. The Bertz CT molecular complexity index is 1540. The van der Waals surface area contributed by atoms with Crippen LogP contribution in [-0.4, -0.2) is 68.9 Å². The van der Waals surface area contributed by atoms with Crippen LogP contribution in [0.4, 0.5) is 0 Å². The van der Waals surface area contributed by atoms with Crippen molar-refractivity contribution in [2.45, 2.75) is 61.7 Å². The molecule has 0 N–H and O–H groups in total. The number of tetrazole rings is 1. The van der Waals surface area contributed by atoms with Crippen LogP contribution in [-0.2, 0) is 10.5 Å². The highest BCUT2D eigenvalue weighted by molar-refractivity contribution is 7.98. The number of carbonyl (C=O) groups is 2. The number of ether oxygens (including phenoxy) is 3. The molecular weight excluding hydrogens is 566 g/mol. The second-order valence-corrected chi connectivity index (χ2v) is 11.6. The van der Waals surface area contributed by atoms with Gasteiger partial charge in [-0.3, -0.25) is 4.79 Å². The van der Waals surface area contributed by atoms with E-state index in [-0.39, 0.29) is 30.1 Å². The second kappa shape index (κ2) is 12.9. The van der Waals surface area contributed by atoms with Gasteiger partial charge in [0.1, 0.15) is 17.6 Å². The van der Waals surface area contributed by atoms with Crippen LogP contribution in [0.2, 0.25) is 0 Å². The minimum absolute atomic E-state index is 0.0313. The van der Waals surface area contributed by atoms with Crippen molar-refractivity contribution in [1.29, 1.82) is 0 Å². The summed E-state index contributed by atoms with van der Waals surface area (Å²) in [7, 11) is 1.63. The van der Waals surface area contributed by atoms with Crippen LogP contribution in [0.5, 0.6) is 11.5 Å². The molecule has 43 heavy (non-hydrogen) atoms. The number of amides is 1. The first-order chi connectivity index (χ1) is 21.0. The molecule has 0 saturated carbocycles. The molecule has 0 radical (unpaired) electrons. The van der Waals surface area contributed by atoms with Gasteiger partial charge in [-0.1, -0.05) is 23.9 Å². The number of benzene rings is 3. The lowest BCUT2D eigenvalue weighted by Crippen LogP contribution is -2.49. The first kappa shape index (κ1) is 28.7. The Balaban J connectivity index is 1.04. The van der Waals surface area contributed by atoms with Gasteiger partial charge in [0.05, 0.1) is 25.0 Å². The van der Waals surface area contributed by atoms with Gasteiger partial charge in [0.25, 0.3) is 5.91 Å². The Morgan fingerprint density at radius 2 is 1.53 bits per heavy atom. The summed E-state index contributed by atoms with van der Waals surface area (Å²) in [6.07, 6.45) is 3.58. The summed E-state index contributed by atoms with van der Waals surface area (Å²) in [6.45, 7) is 2.13. The van der Waals surface area contributed by atoms with Crippen LogP contribution in [0.15, 0.2) is 78.0 Å². The van der Waals surface area contributed by atoms with Crippen molar-refractivity contribution in [3.63, 3.8) is 0 Å². The van der Waals surface area contributed by atoms with Crippen molar-refractivity contribution in [1.82, 2.24) is 25.1 Å². The van der Waals surface area contributed by atoms with Gasteiger partial charge in [-0.2, -0.15) is 4.68 Å². The molecule has 1 amide bonds. The summed E-state index contributed by atoms with van der Waals surface area (Å²) in [5.74, 6) is 1.90. The zero-order valence-electron chi connectivity index (χ0n) is 24.1. The Labute approximate surface area is 254 Å². The predicted octanol–water partition coefficient (Wildman–Crippen LogP) is 5.35. The number of nitrogens with zero attached hydrogens (tertiary/aromatic N) is 5. The first-order valence-corrected chi connectivity index (χ1v) is 15.4. The molecule has 0 spiro atoms. The lowest BCUT2D eigenvalue weighted by Gasteiger charge is -2.39. The Morgan fingerprint density at radius 3 is 2.19 bits per heavy atom. The maximum atomic E-state index is 13.6. The van der Waals surface area contributed by atoms with Crippen molar-refractivity contribution in [2.24, 2.45) is 0 Å². The fraction of sp³-hybridized carbons (Fsp3) is 0.344. The van der Waals surface area contributed by atoms with Crippen molar-refractivity contribution >= 4 is 23.6 Å². The van der Waals surface area contributed by atoms with Crippen LogP contribution >= 0.6 is 11.8 Å². The molecule has 0 aliphatic carbocycles. The SMILES string of the molecule is CCOC(=O)c1ccc(OC2CC3CCC(C2)N3C(=O)c2ccc(CSc3nnnn3-c3ccc(OC)cc3)cc2)cc1. The van der Waals surface area contributed by atoms with E-state index in [1.165, 1.54) is 11.8 Å². The second-order valence-electron chi connectivity index (χ2n) is 10.6. The quantitative estimate of drug-likeness (QED) is 0.176. The van der Waals surface area contributed by atoms with Gasteiger partial charge in [-0.05, 0) is 96.4 Å². The fourth-order valence-electron chi connectivity index (χ4n) is 5.83. The molecule has 2 aliphatic heterocycles. The van der Waals surface area contributed by atoms with E-state index in [4.69, 9.17) is 14.2 Å². The molecule has 6 rings (SSSR count). The number of thioether (sulfide) groups is 1. The summed E-state index contributed by atoms with van der Waals surface area (Å²) >= 11 is 1.53. The number of carbonyl (C=O) groups excluding carboxylic acids is 2. The maximum absolute atomic E-state index is 13.6. The minimum Gasteiger partial charge on any atom is -0.497 e. The molecule has 11 heteroatoms. The number of fused-ring (bicyclic) bond motifs is 2. The highest BCUT2D eigenvalue weighted by Gasteiger charge is 2.44. The van der Waals surface area contributed by atoms with Crippen LogP contribution in [0.25, 0.3) is 5.69 Å². The van der Waals surface area contributed by atoms with E-state index >= 15 is 0 Å². The molecule has 1 aromatic heterocycles. The average molecular weight is 600 g/mol. The predicted molar refractivity (Wildman–Crippen MR) is 161 cm³/mol. The van der Waals surface area contributed by atoms with Crippen molar-refractivity contribution in [3.05, 3.63) is 89.5 Å². The molecule has 2 atom stereocenters. The number of rotatable bonds is 10. The van der Waals surface area contributed by atoms with E-state index in [2.05, 4.69) is 20.4 Å². The van der Waals surface area contributed by atoms with Crippen LogP contribution < -0.4 is 9.47 Å². The van der Waals surface area contributed by atoms with Crippen LogP contribution in [0.1, 0.15) is 58.9 Å². The smallest absolute Gasteiger partial charge is 0.338 e. The largest absolute Gasteiger partial charge is 0.497 e. The van der Waals surface area contributed by atoms with E-state index in [0.29, 0.717) is 28.6 Å². The number of piperidine rings is 1. The van der Waals surface area contributed by atoms with Gasteiger partial charge in [-0.15, -0.1) is 5.10 Å². The fourth-order valence-corrected chi connectivity index (χ4v) is 6.67. The van der Waals surface area contributed by atoms with Gasteiger partial charge < -0.3 is 19.1 Å². The van der Waals surface area contributed by atoms with Gasteiger partial charge in [0.2, 0.25) is 5.16 Å². The molecule has 222 valence electrons. The van der Waals surface area contributed by atoms with Crippen molar-refractivity contribution in [2.75, 3.05) is 13.7 Å². The maximum Gasteiger partial charge on any atom is 0.338 e. The average Bonchev–Trinajstić information content (AvgIpc) is 3.62. The van der Waals surface area contributed by atoms with Crippen molar-refractivity contribution in [3.8, 4) is 17.2 Å². The third-order valence-corrected chi connectivity index (χ3v) is 8.91. The highest BCUT2D eigenvalue weighted by Crippen LogP contribution is 2.38. The first-order valence-electron chi connectivity index (χ1n) is 14.4. The molecular formula is C32H33N5O5S. The lowest BCUT2D eigenvalue weighted by molar-refractivity contribution is 0.0359. The van der Waals surface area contributed by atoms with Gasteiger partial charge >= 0.3 is 5.97 Å². The molecule has 3 heterocycles. The molecule has 2 fully saturated rings. The van der Waals surface area contributed by atoms with Crippen LogP contribution in [0, 0.1) is 0 Å². The zero-order chi connectivity index (χ0) is 29.8. The summed E-state index contributed by atoms with van der Waals surface area (Å²) in [4.78, 5) is 27.6. The summed E-state index contributed by atoms with van der Waals surface area (Å²) in [5, 5.41) is 12.8. The molecule has 2 aliphatic rings. The van der Waals surface area contributed by atoms with E-state index < -0.39 is 0 Å². The van der Waals surface area contributed by atoms with Gasteiger partial charge in [0.15, 0.2) is 0 Å². The van der Waals surface area contributed by atoms with Gasteiger partial charge in [0, 0.05) is 36.2 Å². The van der Waals surface area contributed by atoms with Crippen LogP contribution in [0.3, 0.4) is 0 Å². The topological polar surface area (TPSA) is 109 Å². The third-order valence-electron chi connectivity index (χ3n) is 7.92. The number of esters is 1. The highest BCUT2D eigenvalue weighted by atomic mass is 32.2. The Morgan fingerprint density at radius 1 is 0.884 bits per heavy atom. The number of hydrogen-bond acceptors (Lipinski definition) is 9. The number of aromatic nitrogens is 4. The van der Waals surface area contributed by atoms with E-state index in [9.17, 15) is 9.59 Å². The Hall–Kier alpha value is -4.38. The lowest BCUT2D eigenvalue weighted by atomic mass is 9.98. The van der Waals surface area contributed by atoms with E-state index in [1.807, 2.05) is 60.7 Å². The molecule has 10 nitrogen and oxygen atoms in total. The molecule has 2 bridgehead atoms. The summed E-state index contributed by atoms with van der Waals surface area (Å²) in [6, 6.07) is 22.8. The minimum atomic E-state index is -0.336. The monoisotopic (exact) mass is 599 g/mol. The number of hydrogen-bond donors (Lipinski definition) is 0. The summed E-state index contributed by atoms with van der Waals surface area (Å²) < 4.78 is 18.3. The van der Waals surface area contributed by atoms with E-state index in [1.54, 1.807) is 30.8 Å². The van der Waals surface area contributed by atoms with E-state index in [0.717, 1.165) is 48.4 Å². The standard InChI is InChI=1S/C32H33N5O5S/c1-3-41-31(39)23-8-14-28(15-9-23)42-29-18-25-10-11-26(19-29)36(25)30(38)22-6-4-21(5-7-22)20-43-32-33-34-35-37(32)24-12-16-27(40-2)17-13-24/h4-9,12-17,25-26,29H,3,10-11,18-20H2,1-2H3. The summed E-state index contributed by atoms with van der Waals surface area (Å²) in [5.41, 5.74) is 3.13.